The molecule has 0 aromatic heterocycles. The lowest BCUT2D eigenvalue weighted by Gasteiger charge is -2.11. The van der Waals surface area contributed by atoms with Crippen LogP contribution in [-0.2, 0) is 16.1 Å². The van der Waals surface area contributed by atoms with Crippen LogP contribution in [0, 0.1) is 0 Å². The summed E-state index contributed by atoms with van der Waals surface area (Å²) in [5.41, 5.74) is 6.83. The molecule has 0 spiro atoms. The standard InChI is InChI=1S/C13H15N3O3/c1-16-11(17)6-10(13(16)19)15-12(18)9-4-2-8(7-14)3-5-9/h2-5,10H,6-7,14H2,1H3,(H,15,18). The molecule has 1 heterocycles. The number of imide groups is 1. The highest BCUT2D eigenvalue weighted by atomic mass is 16.2. The van der Waals surface area contributed by atoms with Gasteiger partial charge in [0.2, 0.25) is 5.91 Å². The van der Waals surface area contributed by atoms with E-state index in [1.54, 1.807) is 24.3 Å². The van der Waals surface area contributed by atoms with Gasteiger partial charge >= 0.3 is 0 Å². The van der Waals surface area contributed by atoms with Gasteiger partial charge in [0.15, 0.2) is 0 Å². The summed E-state index contributed by atoms with van der Waals surface area (Å²) in [5.74, 6) is -1.03. The molecule has 1 atom stereocenters. The maximum atomic E-state index is 11.9. The molecule has 1 fully saturated rings. The van der Waals surface area contributed by atoms with Crippen LogP contribution in [0.25, 0.3) is 0 Å². The zero-order chi connectivity index (χ0) is 14.0. The topological polar surface area (TPSA) is 92.5 Å². The first-order valence-corrected chi connectivity index (χ1v) is 5.93. The van der Waals surface area contributed by atoms with E-state index in [2.05, 4.69) is 5.32 Å². The number of amides is 3. The fourth-order valence-corrected chi connectivity index (χ4v) is 1.90. The van der Waals surface area contributed by atoms with Crippen LogP contribution >= 0.6 is 0 Å². The number of likely N-dealkylation sites (N-methyl/N-ethyl adjacent to an activating group) is 1. The second-order valence-corrected chi connectivity index (χ2v) is 4.42. The number of carbonyl (C=O) groups excluding carboxylic acids is 3. The fraction of sp³-hybridized carbons (Fsp3) is 0.308. The van der Waals surface area contributed by atoms with Crippen molar-refractivity contribution in [2.75, 3.05) is 7.05 Å². The van der Waals surface area contributed by atoms with Crippen molar-refractivity contribution in [3.63, 3.8) is 0 Å². The zero-order valence-electron chi connectivity index (χ0n) is 10.6. The van der Waals surface area contributed by atoms with Crippen molar-refractivity contribution in [1.29, 1.82) is 0 Å². The Labute approximate surface area is 110 Å². The molecule has 2 rings (SSSR count). The van der Waals surface area contributed by atoms with Gasteiger partial charge in [-0.2, -0.15) is 0 Å². The van der Waals surface area contributed by atoms with Gasteiger partial charge in [-0.15, -0.1) is 0 Å². The fourth-order valence-electron chi connectivity index (χ4n) is 1.90. The first-order chi connectivity index (χ1) is 9.02. The molecule has 0 aliphatic carbocycles. The number of hydrogen-bond acceptors (Lipinski definition) is 4. The van der Waals surface area contributed by atoms with E-state index in [1.807, 2.05) is 0 Å². The highest BCUT2D eigenvalue weighted by Gasteiger charge is 2.36. The highest BCUT2D eigenvalue weighted by Crippen LogP contribution is 2.12. The molecule has 3 amide bonds. The lowest BCUT2D eigenvalue weighted by Crippen LogP contribution is -2.40. The molecule has 19 heavy (non-hydrogen) atoms. The second-order valence-electron chi connectivity index (χ2n) is 4.42. The van der Waals surface area contributed by atoms with E-state index >= 15 is 0 Å². The van der Waals surface area contributed by atoms with Crippen LogP contribution in [0.5, 0.6) is 0 Å². The summed E-state index contributed by atoms with van der Waals surface area (Å²) >= 11 is 0. The Morgan fingerprint density at radius 3 is 2.47 bits per heavy atom. The van der Waals surface area contributed by atoms with E-state index in [0.29, 0.717) is 12.1 Å². The number of rotatable bonds is 3. The van der Waals surface area contributed by atoms with Crippen molar-refractivity contribution in [2.24, 2.45) is 5.73 Å². The van der Waals surface area contributed by atoms with Gasteiger partial charge in [0.25, 0.3) is 11.8 Å². The Hall–Kier alpha value is -2.21. The average Bonchev–Trinajstić information content (AvgIpc) is 2.66. The number of carbonyl (C=O) groups is 3. The molecule has 1 aliphatic heterocycles. The first-order valence-electron chi connectivity index (χ1n) is 5.93. The van der Waals surface area contributed by atoms with Crippen LogP contribution in [0.15, 0.2) is 24.3 Å². The van der Waals surface area contributed by atoms with Gasteiger partial charge in [0.05, 0.1) is 6.42 Å². The minimum atomic E-state index is -0.765. The monoisotopic (exact) mass is 261 g/mol. The maximum Gasteiger partial charge on any atom is 0.252 e. The molecule has 0 saturated carbocycles. The summed E-state index contributed by atoms with van der Waals surface area (Å²) in [6, 6.07) is 6.02. The third kappa shape index (κ3) is 2.63. The molecule has 1 saturated heterocycles. The van der Waals surface area contributed by atoms with Crippen LogP contribution in [0.1, 0.15) is 22.3 Å². The maximum absolute atomic E-state index is 11.9. The predicted molar refractivity (Wildman–Crippen MR) is 68.0 cm³/mol. The summed E-state index contributed by atoms with van der Waals surface area (Å²) < 4.78 is 0. The molecule has 1 unspecified atom stereocenters. The van der Waals surface area contributed by atoms with Gasteiger partial charge < -0.3 is 11.1 Å². The van der Waals surface area contributed by atoms with Crippen LogP contribution in [0.3, 0.4) is 0 Å². The lowest BCUT2D eigenvalue weighted by molar-refractivity contribution is -0.137. The molecular weight excluding hydrogens is 246 g/mol. The molecule has 100 valence electrons. The summed E-state index contributed by atoms with van der Waals surface area (Å²) in [7, 11) is 1.41. The van der Waals surface area contributed by atoms with Crippen molar-refractivity contribution in [2.45, 2.75) is 19.0 Å². The van der Waals surface area contributed by atoms with Gasteiger partial charge in [-0.25, -0.2) is 0 Å². The first kappa shape index (κ1) is 13.2. The third-order valence-corrected chi connectivity index (χ3v) is 3.14. The van der Waals surface area contributed by atoms with Crippen molar-refractivity contribution in [1.82, 2.24) is 10.2 Å². The van der Waals surface area contributed by atoms with E-state index in [-0.39, 0.29) is 24.1 Å². The largest absolute Gasteiger partial charge is 0.340 e. The molecule has 0 radical (unpaired) electrons. The normalized spacial score (nSPS) is 18.8. The molecule has 1 aromatic carbocycles. The Bertz CT molecular complexity index is 524. The van der Waals surface area contributed by atoms with Crippen LogP contribution < -0.4 is 11.1 Å². The average molecular weight is 261 g/mol. The molecule has 6 heteroatoms. The Morgan fingerprint density at radius 1 is 1.37 bits per heavy atom. The van der Waals surface area contributed by atoms with Gasteiger partial charge in [-0.05, 0) is 17.7 Å². The molecular formula is C13H15N3O3. The number of benzene rings is 1. The summed E-state index contributed by atoms with van der Waals surface area (Å²) in [4.78, 5) is 36.0. The number of likely N-dealkylation sites (tertiary alicyclic amines) is 1. The quantitative estimate of drug-likeness (QED) is 0.726. The molecule has 3 N–H and O–H groups in total. The van der Waals surface area contributed by atoms with Crippen LogP contribution in [0.2, 0.25) is 0 Å². The van der Waals surface area contributed by atoms with Gasteiger partial charge in [0.1, 0.15) is 6.04 Å². The second kappa shape index (κ2) is 5.19. The SMILES string of the molecule is CN1C(=O)CC(NC(=O)c2ccc(CN)cc2)C1=O. The molecule has 6 nitrogen and oxygen atoms in total. The summed E-state index contributed by atoms with van der Waals surface area (Å²) in [6.07, 6.45) is 0.0158. The van der Waals surface area contributed by atoms with E-state index in [0.717, 1.165) is 10.5 Å². The summed E-state index contributed by atoms with van der Waals surface area (Å²) in [5, 5.41) is 2.56. The van der Waals surface area contributed by atoms with Crippen molar-refractivity contribution in [3.8, 4) is 0 Å². The number of hydrogen-bond donors (Lipinski definition) is 2. The van der Waals surface area contributed by atoms with E-state index in [4.69, 9.17) is 5.73 Å². The van der Waals surface area contributed by atoms with E-state index in [1.165, 1.54) is 7.05 Å². The van der Waals surface area contributed by atoms with Crippen molar-refractivity contribution in [3.05, 3.63) is 35.4 Å². The molecule has 0 bridgehead atoms. The van der Waals surface area contributed by atoms with Crippen LogP contribution in [-0.4, -0.2) is 35.7 Å². The number of nitrogens with one attached hydrogen (secondary N) is 1. The van der Waals surface area contributed by atoms with E-state index < -0.39 is 6.04 Å². The molecule has 1 aliphatic rings. The zero-order valence-corrected chi connectivity index (χ0v) is 10.6. The Kier molecular flexibility index (Phi) is 3.62. The minimum absolute atomic E-state index is 0.0158. The summed E-state index contributed by atoms with van der Waals surface area (Å²) in [6.45, 7) is 0.405. The Morgan fingerprint density at radius 2 is 2.00 bits per heavy atom. The minimum Gasteiger partial charge on any atom is -0.340 e. The third-order valence-electron chi connectivity index (χ3n) is 3.14. The smallest absolute Gasteiger partial charge is 0.252 e. The number of nitrogens with zero attached hydrogens (tertiary/aromatic N) is 1. The van der Waals surface area contributed by atoms with E-state index in [9.17, 15) is 14.4 Å². The van der Waals surface area contributed by atoms with Gasteiger partial charge in [-0.3, -0.25) is 19.3 Å². The number of nitrogens with two attached hydrogens (primary N) is 1. The lowest BCUT2D eigenvalue weighted by atomic mass is 10.1. The van der Waals surface area contributed by atoms with Crippen molar-refractivity contribution >= 4 is 17.7 Å². The predicted octanol–water partition coefficient (Wildman–Crippen LogP) is -0.368. The van der Waals surface area contributed by atoms with Crippen LogP contribution in [0.4, 0.5) is 0 Å². The van der Waals surface area contributed by atoms with Gasteiger partial charge in [-0.1, -0.05) is 12.1 Å². The van der Waals surface area contributed by atoms with Crippen molar-refractivity contribution < 1.29 is 14.4 Å². The molecule has 1 aromatic rings. The van der Waals surface area contributed by atoms with Gasteiger partial charge in [0, 0.05) is 19.2 Å². The Balaban J connectivity index is 2.05. The highest BCUT2D eigenvalue weighted by molar-refractivity contribution is 6.07.